The van der Waals surface area contributed by atoms with Gasteiger partial charge in [-0.1, -0.05) is 37.3 Å². The molecule has 0 unspecified atom stereocenters. The van der Waals surface area contributed by atoms with Gasteiger partial charge >= 0.3 is 0 Å². The quantitative estimate of drug-likeness (QED) is 0.744. The van der Waals surface area contributed by atoms with Crippen LogP contribution in [0, 0.1) is 0 Å². The van der Waals surface area contributed by atoms with Gasteiger partial charge in [-0.05, 0) is 30.5 Å². The maximum atomic E-state index is 4.46. The van der Waals surface area contributed by atoms with E-state index in [4.69, 9.17) is 0 Å². The van der Waals surface area contributed by atoms with Crippen LogP contribution < -0.4 is 5.32 Å². The Morgan fingerprint density at radius 3 is 2.80 bits per heavy atom. The molecule has 0 fully saturated rings. The molecule has 0 radical (unpaired) electrons. The first-order chi connectivity index (χ1) is 9.86. The first-order valence-corrected chi connectivity index (χ1v) is 7.83. The number of nitrogens with one attached hydrogen (secondary N) is 1. The molecule has 2 nitrogen and oxygen atoms in total. The van der Waals surface area contributed by atoms with E-state index < -0.39 is 0 Å². The van der Waals surface area contributed by atoms with Gasteiger partial charge in [0.15, 0.2) is 0 Å². The predicted molar refractivity (Wildman–Crippen MR) is 87.6 cm³/mol. The number of fused-ring (bicyclic) bond motifs is 1. The van der Waals surface area contributed by atoms with Crippen molar-refractivity contribution in [2.45, 2.75) is 19.8 Å². The minimum Gasteiger partial charge on any atom is -0.384 e. The van der Waals surface area contributed by atoms with Gasteiger partial charge in [0, 0.05) is 28.7 Å². The summed E-state index contributed by atoms with van der Waals surface area (Å²) in [5, 5.41) is 4.79. The molecule has 0 amide bonds. The van der Waals surface area contributed by atoms with E-state index in [0.29, 0.717) is 0 Å². The van der Waals surface area contributed by atoms with Gasteiger partial charge in [-0.3, -0.25) is 0 Å². The van der Waals surface area contributed by atoms with E-state index in [1.807, 2.05) is 6.20 Å². The molecule has 2 aromatic heterocycles. The molecule has 0 aliphatic carbocycles. The zero-order valence-corrected chi connectivity index (χ0v) is 12.4. The Morgan fingerprint density at radius 1 is 1.15 bits per heavy atom. The number of thiophene rings is 1. The van der Waals surface area contributed by atoms with Crippen LogP contribution in [0.15, 0.2) is 48.7 Å². The third kappa shape index (κ3) is 2.83. The summed E-state index contributed by atoms with van der Waals surface area (Å²) >= 11 is 1.79. The Kier molecular flexibility index (Phi) is 3.97. The van der Waals surface area contributed by atoms with Gasteiger partial charge in [0.25, 0.3) is 0 Å². The van der Waals surface area contributed by atoms with E-state index in [0.717, 1.165) is 24.2 Å². The van der Waals surface area contributed by atoms with Crippen molar-refractivity contribution >= 4 is 27.2 Å². The Labute approximate surface area is 123 Å². The second kappa shape index (κ2) is 6.06. The summed E-state index contributed by atoms with van der Waals surface area (Å²) in [5.74, 6) is 0. The minimum atomic E-state index is 0.945. The van der Waals surface area contributed by atoms with Crippen molar-refractivity contribution in [2.75, 3.05) is 11.9 Å². The zero-order valence-electron chi connectivity index (χ0n) is 11.6. The highest BCUT2D eigenvalue weighted by molar-refractivity contribution is 7.18. The SMILES string of the molecule is CCc1cc2c(NCCc3ccccc3)ccnc2s1. The largest absolute Gasteiger partial charge is 0.384 e. The van der Waals surface area contributed by atoms with Gasteiger partial charge in [0.1, 0.15) is 4.83 Å². The summed E-state index contributed by atoms with van der Waals surface area (Å²) < 4.78 is 0. The lowest BCUT2D eigenvalue weighted by molar-refractivity contribution is 1.02. The number of hydrogen-bond acceptors (Lipinski definition) is 3. The molecule has 1 aromatic carbocycles. The van der Waals surface area contributed by atoms with E-state index in [1.54, 1.807) is 11.3 Å². The van der Waals surface area contributed by atoms with Crippen molar-refractivity contribution in [3.05, 3.63) is 59.1 Å². The molecule has 0 bridgehead atoms. The third-order valence-corrected chi connectivity index (χ3v) is 4.59. The van der Waals surface area contributed by atoms with E-state index in [1.165, 1.54) is 21.5 Å². The Bertz CT molecular complexity index is 689. The molecule has 0 saturated heterocycles. The summed E-state index contributed by atoms with van der Waals surface area (Å²) in [6.07, 6.45) is 4.00. The zero-order chi connectivity index (χ0) is 13.8. The molecule has 0 spiro atoms. The van der Waals surface area contributed by atoms with Crippen molar-refractivity contribution in [3.8, 4) is 0 Å². The maximum Gasteiger partial charge on any atom is 0.125 e. The average molecular weight is 282 g/mol. The van der Waals surface area contributed by atoms with E-state index in [9.17, 15) is 0 Å². The molecule has 0 aliphatic heterocycles. The van der Waals surface area contributed by atoms with E-state index in [2.05, 4.69) is 59.7 Å². The molecule has 102 valence electrons. The first kappa shape index (κ1) is 13.1. The van der Waals surface area contributed by atoms with Crippen molar-refractivity contribution in [1.29, 1.82) is 0 Å². The number of rotatable bonds is 5. The highest BCUT2D eigenvalue weighted by Gasteiger charge is 2.06. The second-order valence-corrected chi connectivity index (χ2v) is 5.92. The van der Waals surface area contributed by atoms with Crippen LogP contribution >= 0.6 is 11.3 Å². The maximum absolute atomic E-state index is 4.46. The van der Waals surface area contributed by atoms with Crippen LogP contribution in [0.1, 0.15) is 17.4 Å². The Balaban J connectivity index is 1.72. The monoisotopic (exact) mass is 282 g/mol. The van der Waals surface area contributed by atoms with Crippen LogP contribution in [0.25, 0.3) is 10.2 Å². The van der Waals surface area contributed by atoms with Crippen LogP contribution in [0.5, 0.6) is 0 Å². The minimum absolute atomic E-state index is 0.945. The molecule has 1 N–H and O–H groups in total. The summed E-state index contributed by atoms with van der Waals surface area (Å²) in [7, 11) is 0. The number of aromatic nitrogens is 1. The number of anilines is 1. The highest BCUT2D eigenvalue weighted by Crippen LogP contribution is 2.29. The molecule has 3 aromatic rings. The lowest BCUT2D eigenvalue weighted by Gasteiger charge is -2.07. The molecule has 2 heterocycles. The molecule has 20 heavy (non-hydrogen) atoms. The van der Waals surface area contributed by atoms with Crippen LogP contribution in [0.3, 0.4) is 0 Å². The molecule has 0 aliphatic rings. The predicted octanol–water partition coefficient (Wildman–Crippen LogP) is 4.51. The number of pyridine rings is 1. The third-order valence-electron chi connectivity index (χ3n) is 3.41. The van der Waals surface area contributed by atoms with Gasteiger partial charge < -0.3 is 5.32 Å². The van der Waals surface area contributed by atoms with Gasteiger partial charge in [-0.25, -0.2) is 4.98 Å². The molecule has 3 rings (SSSR count). The van der Waals surface area contributed by atoms with Crippen LogP contribution in [-0.4, -0.2) is 11.5 Å². The fourth-order valence-corrected chi connectivity index (χ4v) is 3.27. The van der Waals surface area contributed by atoms with E-state index in [-0.39, 0.29) is 0 Å². The number of nitrogens with zero attached hydrogens (tertiary/aromatic N) is 1. The summed E-state index contributed by atoms with van der Waals surface area (Å²) in [6.45, 7) is 3.13. The molecular formula is C17H18N2S. The lowest BCUT2D eigenvalue weighted by atomic mass is 10.1. The van der Waals surface area contributed by atoms with E-state index >= 15 is 0 Å². The molecule has 0 atom stereocenters. The van der Waals surface area contributed by atoms with Gasteiger partial charge in [0.2, 0.25) is 0 Å². The standard InChI is InChI=1S/C17H18N2S/c1-2-14-12-15-16(9-11-19-17(15)20-14)18-10-8-13-6-4-3-5-7-13/h3-7,9,11-12H,2,8,10H2,1H3,(H,18,19). The van der Waals surface area contributed by atoms with Gasteiger partial charge in [-0.15, -0.1) is 11.3 Å². The number of hydrogen-bond donors (Lipinski definition) is 1. The Hall–Kier alpha value is -1.87. The van der Waals surface area contributed by atoms with Crippen molar-refractivity contribution in [2.24, 2.45) is 0 Å². The van der Waals surface area contributed by atoms with Crippen molar-refractivity contribution in [3.63, 3.8) is 0 Å². The summed E-state index contributed by atoms with van der Waals surface area (Å²) in [5.41, 5.74) is 2.56. The second-order valence-electron chi connectivity index (χ2n) is 4.81. The van der Waals surface area contributed by atoms with Crippen molar-refractivity contribution < 1.29 is 0 Å². The van der Waals surface area contributed by atoms with Crippen LogP contribution in [0.2, 0.25) is 0 Å². The molecule has 0 saturated carbocycles. The fourth-order valence-electron chi connectivity index (χ4n) is 2.30. The van der Waals surface area contributed by atoms with Crippen LogP contribution in [-0.2, 0) is 12.8 Å². The summed E-state index contributed by atoms with van der Waals surface area (Å²) in [4.78, 5) is 6.98. The van der Waals surface area contributed by atoms with Gasteiger partial charge in [-0.2, -0.15) is 0 Å². The lowest BCUT2D eigenvalue weighted by Crippen LogP contribution is -2.04. The molecular weight excluding hydrogens is 264 g/mol. The van der Waals surface area contributed by atoms with Gasteiger partial charge in [0.05, 0.1) is 0 Å². The smallest absolute Gasteiger partial charge is 0.125 e. The number of aryl methyl sites for hydroxylation is 1. The number of benzene rings is 1. The highest BCUT2D eigenvalue weighted by atomic mass is 32.1. The normalized spacial score (nSPS) is 10.8. The fraction of sp³-hybridized carbons (Fsp3) is 0.235. The van der Waals surface area contributed by atoms with Crippen LogP contribution in [0.4, 0.5) is 5.69 Å². The molecule has 3 heteroatoms. The average Bonchev–Trinajstić information content (AvgIpc) is 2.92. The first-order valence-electron chi connectivity index (χ1n) is 7.02. The summed E-state index contributed by atoms with van der Waals surface area (Å²) in [6, 6.07) is 14.9. The van der Waals surface area contributed by atoms with Crippen molar-refractivity contribution in [1.82, 2.24) is 4.98 Å². The topological polar surface area (TPSA) is 24.9 Å². The Morgan fingerprint density at radius 2 is 2.00 bits per heavy atom.